The van der Waals surface area contributed by atoms with Gasteiger partial charge in [0, 0.05) is 5.30 Å². The van der Waals surface area contributed by atoms with Gasteiger partial charge in [-0.05, 0) is 56.7 Å². The molecule has 1 saturated carbocycles. The first-order valence-electron chi connectivity index (χ1n) is 5.14. The van der Waals surface area contributed by atoms with Crippen LogP contribution in [0.4, 0.5) is 0 Å². The molecular formula is C12H17OP. The van der Waals surface area contributed by atoms with E-state index in [-0.39, 0.29) is 0 Å². The van der Waals surface area contributed by atoms with E-state index in [0.29, 0.717) is 0 Å². The Morgan fingerprint density at radius 2 is 1.86 bits per heavy atom. The third-order valence-electron chi connectivity index (χ3n) is 2.76. The average molecular weight is 208 g/mol. The summed E-state index contributed by atoms with van der Waals surface area (Å²) in [5, 5.41) is 1.04. The number of benzene rings is 1. The van der Waals surface area contributed by atoms with E-state index in [1.165, 1.54) is 24.0 Å². The Balaban J connectivity index is 2.46. The summed E-state index contributed by atoms with van der Waals surface area (Å²) >= 11 is 0. The molecule has 2 rings (SSSR count). The minimum absolute atomic E-state index is 0.750. The van der Waals surface area contributed by atoms with Crippen LogP contribution < -0.4 is 5.30 Å². The number of aryl methyl sites for hydroxylation is 1. The van der Waals surface area contributed by atoms with Crippen LogP contribution in [0.2, 0.25) is 0 Å². The van der Waals surface area contributed by atoms with Crippen LogP contribution in [0.15, 0.2) is 18.2 Å². The second kappa shape index (κ2) is 3.24. The third-order valence-corrected chi connectivity index (χ3v) is 4.26. The van der Waals surface area contributed by atoms with Crippen LogP contribution in [0.1, 0.15) is 29.9 Å². The lowest BCUT2D eigenvalue weighted by Gasteiger charge is -2.10. The van der Waals surface area contributed by atoms with E-state index in [9.17, 15) is 4.57 Å². The molecule has 1 fully saturated rings. The monoisotopic (exact) mass is 208 g/mol. The molecule has 0 amide bonds. The fraction of sp³-hybridized carbons (Fsp3) is 0.500. The minimum Gasteiger partial charge on any atom is -0.319 e. The van der Waals surface area contributed by atoms with Crippen LogP contribution in [0.3, 0.4) is 0 Å². The first kappa shape index (κ1) is 9.98. The van der Waals surface area contributed by atoms with Gasteiger partial charge in [-0.15, -0.1) is 0 Å². The Morgan fingerprint density at radius 3 is 2.36 bits per heavy atom. The van der Waals surface area contributed by atoms with Gasteiger partial charge in [-0.1, -0.05) is 11.6 Å². The largest absolute Gasteiger partial charge is 0.319 e. The van der Waals surface area contributed by atoms with E-state index in [1.54, 1.807) is 0 Å². The zero-order valence-electron chi connectivity index (χ0n) is 9.08. The molecule has 2 heteroatoms. The third kappa shape index (κ3) is 2.09. The molecule has 0 aliphatic heterocycles. The van der Waals surface area contributed by atoms with Gasteiger partial charge in [0.1, 0.15) is 7.14 Å². The summed E-state index contributed by atoms with van der Waals surface area (Å²) in [6, 6.07) is 6.44. The van der Waals surface area contributed by atoms with Crippen molar-refractivity contribution in [2.75, 3.05) is 13.3 Å². The highest BCUT2D eigenvalue weighted by molar-refractivity contribution is 7.70. The van der Waals surface area contributed by atoms with Crippen LogP contribution in [0.5, 0.6) is 0 Å². The molecule has 0 bridgehead atoms. The van der Waals surface area contributed by atoms with Crippen LogP contribution in [-0.2, 0) is 4.57 Å². The van der Waals surface area contributed by atoms with Gasteiger partial charge in [0.2, 0.25) is 0 Å². The lowest BCUT2D eigenvalue weighted by molar-refractivity contribution is 0.588. The van der Waals surface area contributed by atoms with E-state index in [4.69, 9.17) is 0 Å². The number of hydrogen-bond donors (Lipinski definition) is 0. The molecule has 1 nitrogen and oxygen atoms in total. The van der Waals surface area contributed by atoms with Crippen LogP contribution in [0.25, 0.3) is 0 Å². The van der Waals surface area contributed by atoms with Crippen molar-refractivity contribution in [3.63, 3.8) is 0 Å². The molecule has 1 aromatic carbocycles. The summed E-state index contributed by atoms with van der Waals surface area (Å²) in [7, 11) is -2.08. The van der Waals surface area contributed by atoms with E-state index in [1.807, 2.05) is 13.3 Å². The summed E-state index contributed by atoms with van der Waals surface area (Å²) in [5.41, 5.74) is 2.64. The predicted octanol–water partition coefficient (Wildman–Crippen LogP) is 3.12. The van der Waals surface area contributed by atoms with Crippen molar-refractivity contribution in [3.8, 4) is 0 Å². The second-order valence-corrected chi connectivity index (χ2v) is 7.95. The van der Waals surface area contributed by atoms with Gasteiger partial charge in [0.05, 0.1) is 0 Å². The molecule has 1 aliphatic rings. The Labute approximate surface area is 85.9 Å². The molecule has 0 radical (unpaired) electrons. The summed E-state index contributed by atoms with van der Waals surface area (Å²) in [6.45, 7) is 5.78. The summed E-state index contributed by atoms with van der Waals surface area (Å²) < 4.78 is 12.0. The Hall–Kier alpha value is -0.550. The fourth-order valence-corrected chi connectivity index (χ4v) is 2.73. The lowest BCUT2D eigenvalue weighted by atomic mass is 10.1. The highest BCUT2D eigenvalue weighted by Crippen LogP contribution is 2.42. The zero-order valence-corrected chi connectivity index (χ0v) is 9.97. The molecule has 0 saturated heterocycles. The van der Waals surface area contributed by atoms with E-state index in [2.05, 4.69) is 25.1 Å². The average Bonchev–Trinajstić information content (AvgIpc) is 2.83. The topological polar surface area (TPSA) is 17.1 Å². The molecule has 1 aromatic rings. The maximum absolute atomic E-state index is 12.0. The standard InChI is InChI=1S/C12H17OP/c1-9-6-11(10-4-5-10)8-12(7-9)14(2,3)13/h6-8,10H,4-5H2,1-3H3. The van der Waals surface area contributed by atoms with Gasteiger partial charge in [-0.3, -0.25) is 0 Å². The van der Waals surface area contributed by atoms with Crippen molar-refractivity contribution < 1.29 is 4.57 Å². The molecule has 76 valence electrons. The lowest BCUT2D eigenvalue weighted by Crippen LogP contribution is -2.05. The maximum Gasteiger partial charge on any atom is 0.109 e. The first-order chi connectivity index (χ1) is 6.47. The van der Waals surface area contributed by atoms with Gasteiger partial charge in [-0.2, -0.15) is 0 Å². The Morgan fingerprint density at radius 1 is 1.21 bits per heavy atom. The van der Waals surface area contributed by atoms with Crippen molar-refractivity contribution in [2.24, 2.45) is 0 Å². The van der Waals surface area contributed by atoms with E-state index < -0.39 is 7.14 Å². The van der Waals surface area contributed by atoms with Gasteiger partial charge in [0.15, 0.2) is 0 Å². The normalized spacial score (nSPS) is 17.1. The maximum atomic E-state index is 12.0. The molecular weight excluding hydrogens is 191 g/mol. The summed E-state index contributed by atoms with van der Waals surface area (Å²) in [4.78, 5) is 0. The number of rotatable bonds is 2. The zero-order chi connectivity index (χ0) is 10.3. The molecule has 0 aromatic heterocycles. The van der Waals surface area contributed by atoms with Gasteiger partial charge in [-0.25, -0.2) is 0 Å². The molecule has 0 spiro atoms. The predicted molar refractivity (Wildman–Crippen MR) is 62.2 cm³/mol. The van der Waals surface area contributed by atoms with Gasteiger partial charge in [0.25, 0.3) is 0 Å². The minimum atomic E-state index is -2.08. The van der Waals surface area contributed by atoms with E-state index >= 15 is 0 Å². The highest BCUT2D eigenvalue weighted by Gasteiger charge is 2.25. The van der Waals surface area contributed by atoms with E-state index in [0.717, 1.165) is 11.2 Å². The number of hydrogen-bond acceptors (Lipinski definition) is 1. The summed E-state index contributed by atoms with van der Waals surface area (Å²) in [6.07, 6.45) is 2.61. The fourth-order valence-electron chi connectivity index (χ4n) is 1.76. The quantitative estimate of drug-likeness (QED) is 0.682. The van der Waals surface area contributed by atoms with Crippen molar-refractivity contribution in [1.82, 2.24) is 0 Å². The van der Waals surface area contributed by atoms with Crippen molar-refractivity contribution in [1.29, 1.82) is 0 Å². The van der Waals surface area contributed by atoms with Crippen LogP contribution in [-0.4, -0.2) is 13.3 Å². The van der Waals surface area contributed by atoms with Crippen LogP contribution in [0, 0.1) is 6.92 Å². The molecule has 0 unspecified atom stereocenters. The Kier molecular flexibility index (Phi) is 2.31. The molecule has 0 heterocycles. The molecule has 14 heavy (non-hydrogen) atoms. The van der Waals surface area contributed by atoms with Gasteiger partial charge >= 0.3 is 0 Å². The Bertz CT molecular complexity index is 399. The van der Waals surface area contributed by atoms with Crippen molar-refractivity contribution in [2.45, 2.75) is 25.7 Å². The highest BCUT2D eigenvalue weighted by atomic mass is 31.2. The smallest absolute Gasteiger partial charge is 0.109 e. The van der Waals surface area contributed by atoms with Crippen LogP contribution >= 0.6 is 7.14 Å². The van der Waals surface area contributed by atoms with Crippen molar-refractivity contribution >= 4 is 12.4 Å². The second-order valence-electron chi connectivity index (χ2n) is 4.73. The molecule has 0 atom stereocenters. The SMILES string of the molecule is Cc1cc(C2CC2)cc(P(C)(C)=O)c1. The summed E-state index contributed by atoms with van der Waals surface area (Å²) in [5.74, 6) is 0.750. The first-order valence-corrected chi connectivity index (χ1v) is 7.74. The molecule has 0 N–H and O–H groups in total. The van der Waals surface area contributed by atoms with Gasteiger partial charge < -0.3 is 4.57 Å². The van der Waals surface area contributed by atoms with Crippen molar-refractivity contribution in [3.05, 3.63) is 29.3 Å². The molecule has 1 aliphatic carbocycles.